The van der Waals surface area contributed by atoms with E-state index in [-0.39, 0.29) is 6.29 Å². The van der Waals surface area contributed by atoms with Gasteiger partial charge in [-0.1, -0.05) is 12.1 Å². The molecule has 0 unspecified atom stereocenters. The number of para-hydroxylation sites is 1. The van der Waals surface area contributed by atoms with Crippen LogP contribution in [0.5, 0.6) is 5.75 Å². The van der Waals surface area contributed by atoms with Crippen molar-refractivity contribution in [2.24, 2.45) is 0 Å². The van der Waals surface area contributed by atoms with E-state index in [2.05, 4.69) is 4.74 Å². The number of ether oxygens (including phenoxy) is 1. The molecule has 0 aromatic heterocycles. The van der Waals surface area contributed by atoms with Gasteiger partial charge in [0.1, 0.15) is 5.75 Å². The molecule has 0 bridgehead atoms. The van der Waals surface area contributed by atoms with Gasteiger partial charge in [-0.15, -0.1) is 0 Å². The first-order valence-electron chi connectivity index (χ1n) is 5.52. The first-order valence-corrected chi connectivity index (χ1v) is 5.52. The van der Waals surface area contributed by atoms with Gasteiger partial charge in [-0.2, -0.15) is 35.1 Å². The molecule has 0 aliphatic carbocycles. The summed E-state index contributed by atoms with van der Waals surface area (Å²) in [7, 11) is 0. The second kappa shape index (κ2) is 5.40. The molecule has 0 spiro atoms. The zero-order valence-electron chi connectivity index (χ0n) is 10.7. The Labute approximate surface area is 118 Å². The van der Waals surface area contributed by atoms with Crippen LogP contribution in [0.15, 0.2) is 24.3 Å². The number of halogens is 8. The van der Waals surface area contributed by atoms with Crippen LogP contribution < -0.4 is 4.74 Å². The van der Waals surface area contributed by atoms with Gasteiger partial charge in [0.15, 0.2) is 6.29 Å². The van der Waals surface area contributed by atoms with E-state index in [4.69, 9.17) is 0 Å². The Bertz CT molecular complexity index is 550. The smallest absolute Gasteiger partial charge is 0.427 e. The molecule has 0 saturated heterocycles. The maximum atomic E-state index is 13.3. The Balaban J connectivity index is 3.25. The van der Waals surface area contributed by atoms with Gasteiger partial charge in [0.25, 0.3) is 0 Å². The van der Waals surface area contributed by atoms with Gasteiger partial charge in [0.2, 0.25) is 0 Å². The molecule has 1 rings (SSSR count). The van der Waals surface area contributed by atoms with Crippen LogP contribution in [-0.4, -0.2) is 30.2 Å². The van der Waals surface area contributed by atoms with Crippen molar-refractivity contribution in [3.05, 3.63) is 29.8 Å². The molecule has 0 saturated carbocycles. The molecule has 0 aliphatic heterocycles. The van der Waals surface area contributed by atoms with Crippen molar-refractivity contribution in [1.29, 1.82) is 0 Å². The lowest BCUT2D eigenvalue weighted by molar-refractivity contribution is -0.405. The third kappa shape index (κ3) is 2.86. The Morgan fingerprint density at radius 2 is 1.41 bits per heavy atom. The van der Waals surface area contributed by atoms with Crippen LogP contribution in [0.1, 0.15) is 17.3 Å². The van der Waals surface area contributed by atoms with Crippen LogP contribution in [0, 0.1) is 0 Å². The van der Waals surface area contributed by atoms with Crippen LogP contribution in [-0.2, 0) is 0 Å². The third-order valence-corrected chi connectivity index (χ3v) is 2.60. The molecule has 1 aromatic carbocycles. The summed E-state index contributed by atoms with van der Waals surface area (Å²) in [5.41, 5.74) is -0.649. The number of hydrogen-bond donors (Lipinski definition) is 0. The zero-order chi connectivity index (χ0) is 17.4. The summed E-state index contributed by atoms with van der Waals surface area (Å²) in [5, 5.41) is 0. The summed E-state index contributed by atoms with van der Waals surface area (Å²) >= 11 is 0. The molecule has 10 heteroatoms. The van der Waals surface area contributed by atoms with Crippen LogP contribution in [0.2, 0.25) is 0 Å². The monoisotopic (exact) mass is 336 g/mol. The minimum atomic E-state index is -6.53. The molecule has 0 aliphatic rings. The predicted octanol–water partition coefficient (Wildman–Crippen LogP) is 4.40. The summed E-state index contributed by atoms with van der Waals surface area (Å²) in [6, 6.07) is 3.64. The van der Waals surface area contributed by atoms with E-state index in [0.29, 0.717) is 6.07 Å². The minimum Gasteiger partial charge on any atom is -0.427 e. The quantitative estimate of drug-likeness (QED) is 0.569. The SMILES string of the molecule is CC(F)(F)C(F)(F)C(F)(F)C(F)(F)Oc1ccccc1C=O. The standard InChI is InChI=1S/C12H8F8O2/c1-9(13,14)10(15,16)11(17,18)12(19,20)22-8-5-3-2-4-7(8)6-21/h2-6H,1H3. The summed E-state index contributed by atoms with van der Waals surface area (Å²) in [6.45, 7) is -0.629. The van der Waals surface area contributed by atoms with Crippen molar-refractivity contribution in [3.8, 4) is 5.75 Å². The number of benzene rings is 1. The van der Waals surface area contributed by atoms with Gasteiger partial charge >= 0.3 is 23.9 Å². The van der Waals surface area contributed by atoms with E-state index in [1.54, 1.807) is 0 Å². The maximum Gasteiger partial charge on any atom is 0.471 e. The molecule has 0 amide bonds. The second-order valence-corrected chi connectivity index (χ2v) is 4.31. The number of carbonyl (C=O) groups excluding carboxylic acids is 1. The Morgan fingerprint density at radius 3 is 1.86 bits per heavy atom. The van der Waals surface area contributed by atoms with Gasteiger partial charge in [0.05, 0.1) is 5.56 Å². The highest BCUT2D eigenvalue weighted by molar-refractivity contribution is 5.79. The molecule has 0 heterocycles. The lowest BCUT2D eigenvalue weighted by atomic mass is 10.1. The van der Waals surface area contributed by atoms with Crippen molar-refractivity contribution in [1.82, 2.24) is 0 Å². The number of aldehydes is 1. The van der Waals surface area contributed by atoms with Gasteiger partial charge in [0, 0.05) is 6.92 Å². The predicted molar refractivity (Wildman–Crippen MR) is 57.9 cm³/mol. The van der Waals surface area contributed by atoms with Crippen molar-refractivity contribution in [2.75, 3.05) is 0 Å². The average Bonchev–Trinajstić information content (AvgIpc) is 2.37. The summed E-state index contributed by atoms with van der Waals surface area (Å²) in [5.74, 6) is -19.5. The first-order chi connectivity index (χ1) is 9.78. The molecule has 2 nitrogen and oxygen atoms in total. The number of carbonyl (C=O) groups is 1. The van der Waals surface area contributed by atoms with E-state index < -0.39 is 42.1 Å². The topological polar surface area (TPSA) is 26.3 Å². The molecule has 0 radical (unpaired) electrons. The first kappa shape index (κ1) is 18.2. The van der Waals surface area contributed by atoms with Crippen molar-refractivity contribution >= 4 is 6.29 Å². The van der Waals surface area contributed by atoms with Crippen molar-refractivity contribution in [3.63, 3.8) is 0 Å². The Kier molecular flexibility index (Phi) is 4.46. The van der Waals surface area contributed by atoms with E-state index in [0.717, 1.165) is 18.2 Å². The van der Waals surface area contributed by atoms with Gasteiger partial charge in [-0.05, 0) is 12.1 Å². The fraction of sp³-hybridized carbons (Fsp3) is 0.417. The molecule has 0 N–H and O–H groups in total. The fourth-order valence-electron chi connectivity index (χ4n) is 1.33. The largest absolute Gasteiger partial charge is 0.471 e. The number of alkyl halides is 8. The molecule has 0 fully saturated rings. The lowest BCUT2D eigenvalue weighted by Crippen LogP contribution is -2.63. The summed E-state index contributed by atoms with van der Waals surface area (Å²) < 4.78 is 107. The molecule has 1 aromatic rings. The maximum absolute atomic E-state index is 13.3. The Hall–Kier alpha value is -1.87. The molecule has 0 atom stereocenters. The summed E-state index contributed by atoms with van der Waals surface area (Å²) in [4.78, 5) is 10.5. The van der Waals surface area contributed by atoms with Gasteiger partial charge < -0.3 is 4.74 Å². The van der Waals surface area contributed by atoms with Crippen LogP contribution in [0.4, 0.5) is 35.1 Å². The van der Waals surface area contributed by atoms with Crippen LogP contribution in [0.25, 0.3) is 0 Å². The van der Waals surface area contributed by atoms with Crippen LogP contribution >= 0.6 is 0 Å². The van der Waals surface area contributed by atoms with Crippen LogP contribution in [0.3, 0.4) is 0 Å². The average molecular weight is 336 g/mol. The molecular weight excluding hydrogens is 328 g/mol. The van der Waals surface area contributed by atoms with Gasteiger partial charge in [-0.25, -0.2) is 0 Å². The molecule has 124 valence electrons. The number of hydrogen-bond acceptors (Lipinski definition) is 2. The van der Waals surface area contributed by atoms with E-state index >= 15 is 0 Å². The van der Waals surface area contributed by atoms with E-state index in [1.807, 2.05) is 0 Å². The second-order valence-electron chi connectivity index (χ2n) is 4.31. The van der Waals surface area contributed by atoms with Gasteiger partial charge in [-0.3, -0.25) is 4.79 Å². The Morgan fingerprint density at radius 1 is 0.909 bits per heavy atom. The molecule has 22 heavy (non-hydrogen) atoms. The normalized spacial score (nSPS) is 13.9. The highest BCUT2D eigenvalue weighted by atomic mass is 19.4. The highest BCUT2D eigenvalue weighted by Crippen LogP contribution is 2.52. The fourth-order valence-corrected chi connectivity index (χ4v) is 1.33. The van der Waals surface area contributed by atoms with E-state index in [9.17, 15) is 39.9 Å². The minimum absolute atomic E-state index is 0.0594. The third-order valence-electron chi connectivity index (χ3n) is 2.60. The lowest BCUT2D eigenvalue weighted by Gasteiger charge is -2.34. The molecular formula is C12H8F8O2. The van der Waals surface area contributed by atoms with Crippen molar-refractivity contribution < 1.29 is 44.7 Å². The van der Waals surface area contributed by atoms with E-state index in [1.165, 1.54) is 0 Å². The zero-order valence-corrected chi connectivity index (χ0v) is 10.7. The summed E-state index contributed by atoms with van der Waals surface area (Å²) in [6.07, 6.45) is -6.05. The highest BCUT2D eigenvalue weighted by Gasteiger charge is 2.81. The number of rotatable bonds is 6. The van der Waals surface area contributed by atoms with Crippen molar-refractivity contribution in [2.45, 2.75) is 30.8 Å².